The number of rotatable bonds is 1. The van der Waals surface area contributed by atoms with Crippen molar-refractivity contribution in [1.29, 1.82) is 0 Å². The Bertz CT molecular complexity index is 321. The molecule has 0 atom stereocenters. The molecule has 2 nitrogen and oxygen atoms in total. The van der Waals surface area contributed by atoms with Crippen LogP contribution < -0.4 is 4.74 Å². The van der Waals surface area contributed by atoms with Gasteiger partial charge < -0.3 is 4.74 Å². The fourth-order valence-corrected chi connectivity index (χ4v) is 1.10. The molecule has 1 heterocycles. The van der Waals surface area contributed by atoms with Crippen LogP contribution in [0.1, 0.15) is 2.74 Å². The molecule has 0 N–H and O–H groups in total. The highest BCUT2D eigenvalue weighted by molar-refractivity contribution is 9.10. The molecule has 1 rings (SSSR count). The fourth-order valence-electron chi connectivity index (χ4n) is 0.457. The van der Waals surface area contributed by atoms with Crippen LogP contribution >= 0.6 is 27.5 Å². The standard InChI is InChI=1S/C6H5BrClNO/c1-10-6-3-4(7)2-5(8)9-6/h2-3H,1H3/i2D,3D. The third-order valence-electron chi connectivity index (χ3n) is 0.823. The first-order valence-corrected chi connectivity index (χ1v) is 3.61. The van der Waals surface area contributed by atoms with E-state index in [2.05, 4.69) is 20.9 Å². The molecule has 1 aromatic rings. The summed E-state index contributed by atoms with van der Waals surface area (Å²) in [5.41, 5.74) is 0. The molecule has 0 spiro atoms. The number of methoxy groups -OCH3 is 1. The largest absolute Gasteiger partial charge is 0.481 e. The van der Waals surface area contributed by atoms with Crippen molar-refractivity contribution in [3.05, 3.63) is 21.7 Å². The average molecular weight is 224 g/mol. The van der Waals surface area contributed by atoms with E-state index in [1.165, 1.54) is 7.11 Å². The topological polar surface area (TPSA) is 22.1 Å². The van der Waals surface area contributed by atoms with E-state index in [0.717, 1.165) is 0 Å². The molecule has 0 radical (unpaired) electrons. The van der Waals surface area contributed by atoms with E-state index in [1.54, 1.807) is 0 Å². The third kappa shape index (κ3) is 1.85. The number of hydrogen-bond acceptors (Lipinski definition) is 2. The second-order valence-electron chi connectivity index (χ2n) is 1.48. The van der Waals surface area contributed by atoms with Gasteiger partial charge in [-0.3, -0.25) is 0 Å². The highest BCUT2D eigenvalue weighted by Crippen LogP contribution is 2.19. The lowest BCUT2D eigenvalue weighted by Gasteiger charge is -1.98. The van der Waals surface area contributed by atoms with Crippen LogP contribution in [-0.4, -0.2) is 12.1 Å². The second kappa shape index (κ2) is 3.21. The third-order valence-corrected chi connectivity index (χ3v) is 1.40. The van der Waals surface area contributed by atoms with Crippen LogP contribution in [0.4, 0.5) is 0 Å². The van der Waals surface area contributed by atoms with Crippen LogP contribution in [-0.2, 0) is 0 Å². The highest BCUT2D eigenvalue weighted by atomic mass is 79.9. The average Bonchev–Trinajstić information content (AvgIpc) is 2.08. The number of nitrogens with zero attached hydrogens (tertiary/aromatic N) is 1. The van der Waals surface area contributed by atoms with E-state index >= 15 is 0 Å². The summed E-state index contributed by atoms with van der Waals surface area (Å²) in [6.45, 7) is 0. The summed E-state index contributed by atoms with van der Waals surface area (Å²) in [6, 6.07) is 0.0365. The summed E-state index contributed by atoms with van der Waals surface area (Å²) >= 11 is 8.62. The van der Waals surface area contributed by atoms with Gasteiger partial charge in [0.15, 0.2) is 0 Å². The Balaban J connectivity index is 3.39. The van der Waals surface area contributed by atoms with Crippen LogP contribution in [0, 0.1) is 0 Å². The van der Waals surface area contributed by atoms with E-state index in [0.29, 0.717) is 4.47 Å². The number of halogens is 2. The van der Waals surface area contributed by atoms with Crippen LogP contribution in [0.15, 0.2) is 16.6 Å². The van der Waals surface area contributed by atoms with Gasteiger partial charge in [-0.2, -0.15) is 0 Å². The van der Waals surface area contributed by atoms with Crippen molar-refractivity contribution in [2.75, 3.05) is 7.11 Å². The summed E-state index contributed by atoms with van der Waals surface area (Å²) in [4.78, 5) is 3.69. The van der Waals surface area contributed by atoms with E-state index < -0.39 is 0 Å². The highest BCUT2D eigenvalue weighted by Gasteiger charge is 1.96. The predicted octanol–water partition coefficient (Wildman–Crippen LogP) is 2.51. The number of pyridine rings is 1. The number of hydrogen-bond donors (Lipinski definition) is 0. The van der Waals surface area contributed by atoms with Gasteiger partial charge in [0.2, 0.25) is 5.88 Å². The van der Waals surface area contributed by atoms with Gasteiger partial charge in [-0.25, -0.2) is 4.98 Å². The molecular formula is C6H5BrClNO. The Labute approximate surface area is 75.1 Å². The Morgan fingerprint density at radius 1 is 1.80 bits per heavy atom. The zero-order valence-corrected chi connectivity index (χ0v) is 7.45. The van der Waals surface area contributed by atoms with Gasteiger partial charge in [-0.15, -0.1) is 0 Å². The van der Waals surface area contributed by atoms with Crippen molar-refractivity contribution in [2.45, 2.75) is 0 Å². The van der Waals surface area contributed by atoms with Gasteiger partial charge in [0, 0.05) is 10.5 Å². The van der Waals surface area contributed by atoms with Gasteiger partial charge in [0.25, 0.3) is 0 Å². The van der Waals surface area contributed by atoms with Gasteiger partial charge in [0.05, 0.1) is 9.85 Å². The van der Waals surface area contributed by atoms with Crippen molar-refractivity contribution >= 4 is 27.5 Å². The van der Waals surface area contributed by atoms with Crippen molar-refractivity contribution in [3.8, 4) is 5.88 Å². The van der Waals surface area contributed by atoms with Crippen molar-refractivity contribution < 1.29 is 7.48 Å². The maximum atomic E-state index is 7.42. The van der Waals surface area contributed by atoms with Gasteiger partial charge >= 0.3 is 0 Å². The van der Waals surface area contributed by atoms with Gasteiger partial charge in [-0.1, -0.05) is 27.5 Å². The Morgan fingerprint density at radius 3 is 3.10 bits per heavy atom. The minimum Gasteiger partial charge on any atom is -0.481 e. The van der Waals surface area contributed by atoms with E-state index in [-0.39, 0.29) is 23.1 Å². The van der Waals surface area contributed by atoms with Crippen LogP contribution in [0.5, 0.6) is 5.88 Å². The van der Waals surface area contributed by atoms with Gasteiger partial charge in [0.1, 0.15) is 5.15 Å². The summed E-state index contributed by atoms with van der Waals surface area (Å²) in [7, 11) is 1.40. The monoisotopic (exact) mass is 223 g/mol. The summed E-state index contributed by atoms with van der Waals surface area (Å²) < 4.78 is 19.8. The Hall–Kier alpha value is -0.280. The normalized spacial score (nSPS) is 12.3. The summed E-state index contributed by atoms with van der Waals surface area (Å²) in [5.74, 6) is 0.114. The number of ether oxygens (including phenoxy) is 1. The van der Waals surface area contributed by atoms with Crippen molar-refractivity contribution in [2.24, 2.45) is 0 Å². The summed E-state index contributed by atoms with van der Waals surface area (Å²) in [5, 5.41) is 0.0229. The minimum atomic E-state index is 0.00228. The summed E-state index contributed by atoms with van der Waals surface area (Å²) in [6.07, 6.45) is 0. The smallest absolute Gasteiger partial charge is 0.215 e. The molecule has 0 unspecified atom stereocenters. The first-order valence-electron chi connectivity index (χ1n) is 3.44. The lowest BCUT2D eigenvalue weighted by Crippen LogP contribution is -1.86. The molecule has 10 heavy (non-hydrogen) atoms. The van der Waals surface area contributed by atoms with Crippen molar-refractivity contribution in [1.82, 2.24) is 4.98 Å². The van der Waals surface area contributed by atoms with Crippen LogP contribution in [0.2, 0.25) is 5.15 Å². The molecule has 0 amide bonds. The number of aromatic nitrogens is 1. The predicted molar refractivity (Wildman–Crippen MR) is 43.5 cm³/mol. The molecule has 0 aliphatic rings. The maximum Gasteiger partial charge on any atom is 0.215 e. The molecule has 0 fully saturated rings. The lowest BCUT2D eigenvalue weighted by atomic mass is 10.5. The maximum absolute atomic E-state index is 7.42. The molecular weight excluding hydrogens is 217 g/mol. The Kier molecular flexibility index (Phi) is 1.73. The molecule has 0 aliphatic carbocycles. The molecule has 1 aromatic heterocycles. The molecule has 0 bridgehead atoms. The van der Waals surface area contributed by atoms with E-state index in [1.807, 2.05) is 0 Å². The first-order chi connectivity index (χ1) is 5.57. The minimum absolute atomic E-state index is 0.00228. The molecule has 0 saturated heterocycles. The molecule has 54 valence electrons. The molecule has 0 aliphatic heterocycles. The quantitative estimate of drug-likeness (QED) is 0.684. The molecule has 0 saturated carbocycles. The zero-order valence-electron chi connectivity index (χ0n) is 7.11. The van der Waals surface area contributed by atoms with E-state index in [4.69, 9.17) is 19.1 Å². The van der Waals surface area contributed by atoms with Crippen LogP contribution in [0.3, 0.4) is 0 Å². The molecule has 0 aromatic carbocycles. The van der Waals surface area contributed by atoms with E-state index in [9.17, 15) is 0 Å². The van der Waals surface area contributed by atoms with Crippen molar-refractivity contribution in [3.63, 3.8) is 0 Å². The lowest BCUT2D eigenvalue weighted by molar-refractivity contribution is 0.397. The second-order valence-corrected chi connectivity index (χ2v) is 2.63. The molecule has 4 heteroatoms. The van der Waals surface area contributed by atoms with Gasteiger partial charge in [-0.05, 0) is 6.04 Å². The SMILES string of the molecule is [2H]c1c(Cl)nc(OC)c([2H])c1Br. The fraction of sp³-hybridized carbons (Fsp3) is 0.167. The Morgan fingerprint density at radius 2 is 2.50 bits per heavy atom. The van der Waals surface area contributed by atoms with Crippen LogP contribution in [0.25, 0.3) is 0 Å². The zero-order chi connectivity index (χ0) is 9.30. The first kappa shape index (κ1) is 5.38.